The van der Waals surface area contributed by atoms with Gasteiger partial charge in [0.2, 0.25) is 11.8 Å². The van der Waals surface area contributed by atoms with Gasteiger partial charge in [0.15, 0.2) is 0 Å². The molecule has 0 aromatic carbocycles. The Hall–Kier alpha value is -2.22. The molecule has 2 aromatic heterocycles. The van der Waals surface area contributed by atoms with Crippen LogP contribution in [0.2, 0.25) is 0 Å². The first kappa shape index (κ1) is 19.5. The number of hydrogen-bond donors (Lipinski definition) is 3. The van der Waals surface area contributed by atoms with Crippen LogP contribution in [0.25, 0.3) is 10.2 Å². The van der Waals surface area contributed by atoms with Crippen LogP contribution in [0.3, 0.4) is 0 Å². The van der Waals surface area contributed by atoms with Crippen molar-refractivity contribution < 1.29 is 9.59 Å². The van der Waals surface area contributed by atoms with Gasteiger partial charge in [-0.05, 0) is 37.2 Å². The van der Waals surface area contributed by atoms with Gasteiger partial charge >= 0.3 is 0 Å². The number of H-pyrrole nitrogens is 1. The lowest BCUT2D eigenvalue weighted by Crippen LogP contribution is -2.37. The average Bonchev–Trinajstić information content (AvgIpc) is 3.00. The Labute approximate surface area is 162 Å². The van der Waals surface area contributed by atoms with E-state index in [4.69, 9.17) is 0 Å². The molecule has 1 aliphatic carbocycles. The highest BCUT2D eigenvalue weighted by Gasteiger charge is 2.23. The van der Waals surface area contributed by atoms with E-state index in [1.165, 1.54) is 4.88 Å². The maximum atomic E-state index is 12.5. The number of nitrogens with one attached hydrogen (secondary N) is 3. The molecule has 0 spiro atoms. The molecule has 0 saturated carbocycles. The van der Waals surface area contributed by atoms with E-state index in [1.807, 2.05) is 6.92 Å². The van der Waals surface area contributed by atoms with Crippen molar-refractivity contribution in [2.75, 3.05) is 13.1 Å². The average molecular weight is 391 g/mol. The summed E-state index contributed by atoms with van der Waals surface area (Å²) in [5, 5.41) is 6.02. The van der Waals surface area contributed by atoms with Gasteiger partial charge in [-0.1, -0.05) is 13.8 Å². The number of hydrogen-bond acceptors (Lipinski definition) is 5. The third-order valence-electron chi connectivity index (χ3n) is 4.82. The predicted molar refractivity (Wildman–Crippen MR) is 106 cm³/mol. The molecule has 1 atom stereocenters. The number of carbonyl (C=O) groups is 2. The Morgan fingerprint density at radius 1 is 1.30 bits per heavy atom. The Morgan fingerprint density at radius 2 is 2.11 bits per heavy atom. The highest BCUT2D eigenvalue weighted by atomic mass is 32.1. The summed E-state index contributed by atoms with van der Waals surface area (Å²) in [6, 6.07) is 0. The Morgan fingerprint density at radius 3 is 2.89 bits per heavy atom. The van der Waals surface area contributed by atoms with E-state index >= 15 is 0 Å². The van der Waals surface area contributed by atoms with E-state index in [-0.39, 0.29) is 30.3 Å². The van der Waals surface area contributed by atoms with E-state index < -0.39 is 0 Å². The standard InChI is InChI=1S/C19H26N4O3S/c1-3-8-20-16(25)10-21-15(24)7-6-14-22-18(26)17-12-5-4-11(2)9-13(12)27-19(17)23-14/h11H,3-10H2,1-2H3,(H,20,25)(H,21,24)(H,22,23,26)/t11-/m1/s1. The van der Waals surface area contributed by atoms with E-state index in [0.29, 0.717) is 24.7 Å². The molecule has 146 valence electrons. The molecule has 1 aliphatic rings. The summed E-state index contributed by atoms with van der Waals surface area (Å²) in [6.45, 7) is 4.77. The summed E-state index contributed by atoms with van der Waals surface area (Å²) >= 11 is 1.60. The molecule has 2 amide bonds. The smallest absolute Gasteiger partial charge is 0.259 e. The monoisotopic (exact) mass is 390 g/mol. The molecule has 8 heteroatoms. The van der Waals surface area contributed by atoms with Crippen molar-refractivity contribution in [1.29, 1.82) is 0 Å². The maximum absolute atomic E-state index is 12.5. The molecule has 2 heterocycles. The highest BCUT2D eigenvalue weighted by Crippen LogP contribution is 2.35. The molecule has 27 heavy (non-hydrogen) atoms. The lowest BCUT2D eigenvalue weighted by atomic mass is 9.89. The number of aromatic nitrogens is 2. The van der Waals surface area contributed by atoms with Crippen molar-refractivity contribution in [3.8, 4) is 0 Å². The first-order valence-electron chi connectivity index (χ1n) is 9.54. The minimum atomic E-state index is -0.233. The Bertz CT molecular complexity index is 902. The lowest BCUT2D eigenvalue weighted by Gasteiger charge is -2.17. The Kier molecular flexibility index (Phi) is 6.26. The molecule has 7 nitrogen and oxygen atoms in total. The first-order chi connectivity index (χ1) is 13.0. The predicted octanol–water partition coefficient (Wildman–Crippen LogP) is 1.68. The van der Waals surface area contributed by atoms with E-state index in [1.54, 1.807) is 11.3 Å². The Balaban J connectivity index is 1.62. The fourth-order valence-corrected chi connectivity index (χ4v) is 4.74. The minimum Gasteiger partial charge on any atom is -0.355 e. The third-order valence-corrected chi connectivity index (χ3v) is 5.97. The van der Waals surface area contributed by atoms with E-state index in [2.05, 4.69) is 27.5 Å². The molecular formula is C19H26N4O3S. The lowest BCUT2D eigenvalue weighted by molar-refractivity contribution is -0.126. The van der Waals surface area contributed by atoms with Crippen molar-refractivity contribution in [2.24, 2.45) is 5.92 Å². The number of aryl methyl sites for hydroxylation is 2. The maximum Gasteiger partial charge on any atom is 0.259 e. The number of nitrogens with zero attached hydrogens (tertiary/aromatic N) is 1. The quantitative estimate of drug-likeness (QED) is 0.669. The number of aromatic amines is 1. The summed E-state index contributed by atoms with van der Waals surface area (Å²) in [6.07, 6.45) is 4.42. The molecule has 0 radical (unpaired) electrons. The van der Waals surface area contributed by atoms with Gasteiger partial charge in [0.25, 0.3) is 5.56 Å². The summed E-state index contributed by atoms with van der Waals surface area (Å²) in [5.74, 6) is 0.729. The van der Waals surface area contributed by atoms with Crippen LogP contribution < -0.4 is 16.2 Å². The fraction of sp³-hybridized carbons (Fsp3) is 0.579. The zero-order valence-corrected chi connectivity index (χ0v) is 16.6. The first-order valence-corrected chi connectivity index (χ1v) is 10.4. The van der Waals surface area contributed by atoms with Crippen molar-refractivity contribution in [3.63, 3.8) is 0 Å². The van der Waals surface area contributed by atoms with Gasteiger partial charge in [-0.2, -0.15) is 0 Å². The zero-order valence-electron chi connectivity index (χ0n) is 15.8. The molecular weight excluding hydrogens is 364 g/mol. The van der Waals surface area contributed by atoms with Crippen LogP contribution in [-0.2, 0) is 28.9 Å². The van der Waals surface area contributed by atoms with Crippen molar-refractivity contribution in [1.82, 2.24) is 20.6 Å². The number of amides is 2. The summed E-state index contributed by atoms with van der Waals surface area (Å²) < 4.78 is 0. The van der Waals surface area contributed by atoms with Gasteiger partial charge in [-0.25, -0.2) is 4.98 Å². The molecule has 0 saturated heterocycles. The van der Waals surface area contributed by atoms with Crippen LogP contribution in [0.1, 0.15) is 49.4 Å². The SMILES string of the molecule is CCCNC(=O)CNC(=O)CCc1nc2sc3c(c2c(=O)[nH]1)CC[C@@H](C)C3. The highest BCUT2D eigenvalue weighted by molar-refractivity contribution is 7.18. The van der Waals surface area contributed by atoms with Gasteiger partial charge in [-0.3, -0.25) is 14.4 Å². The second-order valence-corrected chi connectivity index (χ2v) is 8.25. The van der Waals surface area contributed by atoms with Crippen LogP contribution >= 0.6 is 11.3 Å². The van der Waals surface area contributed by atoms with Crippen LogP contribution in [0.5, 0.6) is 0 Å². The largest absolute Gasteiger partial charge is 0.355 e. The molecule has 0 fully saturated rings. The second kappa shape index (κ2) is 8.65. The number of fused-ring (bicyclic) bond motifs is 3. The fourth-order valence-electron chi connectivity index (χ4n) is 3.34. The molecule has 0 bridgehead atoms. The molecule has 2 aromatic rings. The van der Waals surface area contributed by atoms with Gasteiger partial charge in [0.1, 0.15) is 10.7 Å². The summed E-state index contributed by atoms with van der Waals surface area (Å²) in [4.78, 5) is 45.4. The number of carbonyl (C=O) groups excluding carboxylic acids is 2. The topological polar surface area (TPSA) is 104 Å². The zero-order chi connectivity index (χ0) is 19.4. The molecule has 3 N–H and O–H groups in total. The van der Waals surface area contributed by atoms with Crippen LogP contribution in [0.15, 0.2) is 4.79 Å². The number of rotatable bonds is 7. The van der Waals surface area contributed by atoms with Gasteiger partial charge in [0, 0.05) is 24.3 Å². The third kappa shape index (κ3) is 4.74. The molecule has 3 rings (SSSR count). The summed E-state index contributed by atoms with van der Waals surface area (Å²) in [7, 11) is 0. The summed E-state index contributed by atoms with van der Waals surface area (Å²) in [5.41, 5.74) is 1.05. The van der Waals surface area contributed by atoms with Gasteiger partial charge < -0.3 is 15.6 Å². The molecule has 0 unspecified atom stereocenters. The van der Waals surface area contributed by atoms with Crippen LogP contribution in [0.4, 0.5) is 0 Å². The van der Waals surface area contributed by atoms with Crippen LogP contribution in [0, 0.1) is 5.92 Å². The molecule has 0 aliphatic heterocycles. The van der Waals surface area contributed by atoms with E-state index in [0.717, 1.165) is 41.5 Å². The van der Waals surface area contributed by atoms with Crippen molar-refractivity contribution >= 4 is 33.4 Å². The van der Waals surface area contributed by atoms with Crippen LogP contribution in [-0.4, -0.2) is 34.9 Å². The second-order valence-electron chi connectivity index (χ2n) is 7.17. The normalized spacial score (nSPS) is 16.1. The van der Waals surface area contributed by atoms with Crippen molar-refractivity contribution in [3.05, 3.63) is 26.6 Å². The number of thiophene rings is 1. The van der Waals surface area contributed by atoms with E-state index in [9.17, 15) is 14.4 Å². The van der Waals surface area contributed by atoms with Gasteiger partial charge in [0.05, 0.1) is 11.9 Å². The minimum absolute atomic E-state index is 0.0301. The van der Waals surface area contributed by atoms with Crippen molar-refractivity contribution in [2.45, 2.75) is 52.4 Å². The van der Waals surface area contributed by atoms with Gasteiger partial charge in [-0.15, -0.1) is 11.3 Å².